The van der Waals surface area contributed by atoms with Crippen LogP contribution in [0.15, 0.2) is 16.7 Å². The molecule has 48 valence electrons. The summed E-state index contributed by atoms with van der Waals surface area (Å²) in [5.41, 5.74) is 0. The molecule has 3 nitrogen and oxygen atoms in total. The molecule has 1 heterocycles. The molecule has 0 radical (unpaired) electrons. The van der Waals surface area contributed by atoms with Gasteiger partial charge < -0.3 is 5.21 Å². The zero-order valence-corrected chi connectivity index (χ0v) is 6.69. The molecule has 1 rings (SSSR count). The molecule has 0 saturated carbocycles. The highest BCUT2D eigenvalue weighted by molar-refractivity contribution is 9.10. The highest BCUT2D eigenvalue weighted by Gasteiger charge is 1.88. The van der Waals surface area contributed by atoms with Crippen molar-refractivity contribution in [1.82, 2.24) is 9.94 Å². The first-order valence-electron chi connectivity index (χ1n) is 2.15. The van der Waals surface area contributed by atoms with Gasteiger partial charge >= 0.3 is 0 Å². The summed E-state index contributed by atoms with van der Waals surface area (Å²) in [5.74, 6) is 0. The van der Waals surface area contributed by atoms with Crippen LogP contribution in [0.3, 0.4) is 0 Å². The van der Waals surface area contributed by atoms with E-state index >= 15 is 0 Å². The Balaban J connectivity index is 3.34. The van der Waals surface area contributed by atoms with Crippen molar-refractivity contribution in [2.75, 3.05) is 0 Å². The molecule has 0 aliphatic heterocycles. The molecule has 0 unspecified atom stereocenters. The number of nitrogens with zero attached hydrogens (tertiary/aromatic N) is 2. The quantitative estimate of drug-likeness (QED) is 0.518. The van der Waals surface area contributed by atoms with Crippen LogP contribution in [0.2, 0.25) is 0 Å². The van der Waals surface area contributed by atoms with Crippen molar-refractivity contribution in [1.29, 1.82) is 0 Å². The fourth-order valence-corrected chi connectivity index (χ4v) is 0.771. The first-order chi connectivity index (χ1) is 4.20. The topological polar surface area (TPSA) is 38.0 Å². The van der Waals surface area contributed by atoms with Crippen LogP contribution >= 0.6 is 28.1 Å². The van der Waals surface area contributed by atoms with E-state index in [1.54, 1.807) is 12.1 Å². The molecule has 1 N–H and O–H groups in total. The Kier molecular flexibility index (Phi) is 1.82. The van der Waals surface area contributed by atoms with Crippen LogP contribution in [0, 0.1) is 4.64 Å². The normalized spacial score (nSPS) is 9.44. The number of halogens is 1. The van der Waals surface area contributed by atoms with E-state index < -0.39 is 0 Å². The summed E-state index contributed by atoms with van der Waals surface area (Å²) in [6.07, 6.45) is 0. The second-order valence-corrected chi connectivity index (χ2v) is 2.61. The standard InChI is InChI=1S/C4H3BrN2OS/c5-3-1-2-4(9)7(8)6-3/h1-2,8H. The Morgan fingerprint density at radius 1 is 1.67 bits per heavy atom. The summed E-state index contributed by atoms with van der Waals surface area (Å²) in [5, 5.41) is 12.3. The lowest BCUT2D eigenvalue weighted by molar-refractivity contribution is 0.138. The van der Waals surface area contributed by atoms with Crippen molar-refractivity contribution in [2.24, 2.45) is 0 Å². The maximum Gasteiger partial charge on any atom is 0.164 e. The molecule has 0 bridgehead atoms. The highest BCUT2D eigenvalue weighted by Crippen LogP contribution is 2.01. The van der Waals surface area contributed by atoms with Crippen LogP contribution in [0.5, 0.6) is 0 Å². The zero-order chi connectivity index (χ0) is 6.85. The Morgan fingerprint density at radius 2 is 2.33 bits per heavy atom. The molecule has 5 heteroatoms. The average molecular weight is 207 g/mol. The minimum atomic E-state index is 0.290. The van der Waals surface area contributed by atoms with Gasteiger partial charge in [-0.3, -0.25) is 0 Å². The van der Waals surface area contributed by atoms with Crippen molar-refractivity contribution in [3.8, 4) is 0 Å². The fraction of sp³-hybridized carbons (Fsp3) is 0. The van der Waals surface area contributed by atoms with Crippen LogP contribution < -0.4 is 0 Å². The third-order valence-electron chi connectivity index (χ3n) is 0.751. The summed E-state index contributed by atoms with van der Waals surface area (Å²) in [4.78, 5) is 0.638. The number of rotatable bonds is 0. The molecule has 0 aliphatic rings. The van der Waals surface area contributed by atoms with Gasteiger partial charge in [0.25, 0.3) is 0 Å². The largest absolute Gasteiger partial charge is 0.411 e. The molecule has 0 fully saturated rings. The summed E-state index contributed by atoms with van der Waals surface area (Å²) >= 11 is 7.70. The van der Waals surface area contributed by atoms with Crippen molar-refractivity contribution in [3.05, 3.63) is 21.4 Å². The first-order valence-corrected chi connectivity index (χ1v) is 3.35. The maximum absolute atomic E-state index is 8.77. The minimum absolute atomic E-state index is 0.290. The van der Waals surface area contributed by atoms with Gasteiger partial charge in [-0.1, -0.05) is 17.1 Å². The third-order valence-corrected chi connectivity index (χ3v) is 1.47. The van der Waals surface area contributed by atoms with E-state index in [0.717, 1.165) is 0 Å². The molecule has 1 aromatic rings. The second kappa shape index (κ2) is 2.45. The van der Waals surface area contributed by atoms with E-state index in [1.807, 2.05) is 0 Å². The van der Waals surface area contributed by atoms with Gasteiger partial charge in [0.05, 0.1) is 0 Å². The second-order valence-electron chi connectivity index (χ2n) is 1.38. The van der Waals surface area contributed by atoms with Crippen LogP contribution in [0.4, 0.5) is 0 Å². The van der Waals surface area contributed by atoms with Crippen molar-refractivity contribution < 1.29 is 5.21 Å². The lowest BCUT2D eigenvalue weighted by Gasteiger charge is -1.92. The Labute approximate surface area is 65.0 Å². The van der Waals surface area contributed by atoms with Gasteiger partial charge in [-0.2, -0.15) is 0 Å². The lowest BCUT2D eigenvalue weighted by Crippen LogP contribution is -1.98. The SMILES string of the molecule is On1nc(Br)ccc1=S. The van der Waals surface area contributed by atoms with Gasteiger partial charge in [0.1, 0.15) is 4.60 Å². The molecule has 0 saturated heterocycles. The molecular formula is C4H3BrN2OS. The van der Waals surface area contributed by atoms with Crippen molar-refractivity contribution >= 4 is 28.1 Å². The average Bonchev–Trinajstić information content (AvgIpc) is 1.80. The van der Waals surface area contributed by atoms with Crippen molar-refractivity contribution in [3.63, 3.8) is 0 Å². The predicted molar refractivity (Wildman–Crippen MR) is 37.9 cm³/mol. The predicted octanol–water partition coefficient (Wildman–Crippen LogP) is 1.61. The summed E-state index contributed by atoms with van der Waals surface area (Å²) in [6, 6.07) is 3.24. The lowest BCUT2D eigenvalue weighted by atomic mass is 10.6. The fourth-order valence-electron chi connectivity index (χ4n) is 0.380. The third kappa shape index (κ3) is 1.49. The Morgan fingerprint density at radius 3 is 2.78 bits per heavy atom. The Hall–Kier alpha value is -0.420. The van der Waals surface area contributed by atoms with Gasteiger partial charge in [0.15, 0.2) is 4.64 Å². The van der Waals surface area contributed by atoms with Crippen LogP contribution in [0.1, 0.15) is 0 Å². The van der Waals surface area contributed by atoms with Gasteiger partial charge in [0, 0.05) is 0 Å². The van der Waals surface area contributed by atoms with Gasteiger partial charge in [-0.25, -0.2) is 0 Å². The van der Waals surface area contributed by atoms with Gasteiger partial charge in [-0.15, -0.1) is 5.10 Å². The Bertz CT molecular complexity index is 272. The molecule has 0 aliphatic carbocycles. The summed E-state index contributed by atoms with van der Waals surface area (Å²) in [7, 11) is 0. The van der Waals surface area contributed by atoms with E-state index in [0.29, 0.717) is 14.1 Å². The minimum Gasteiger partial charge on any atom is -0.411 e. The summed E-state index contributed by atoms with van der Waals surface area (Å²) in [6.45, 7) is 0. The summed E-state index contributed by atoms with van der Waals surface area (Å²) < 4.78 is 0.844. The van der Waals surface area contributed by atoms with Crippen LogP contribution in [0.25, 0.3) is 0 Å². The monoisotopic (exact) mass is 206 g/mol. The zero-order valence-electron chi connectivity index (χ0n) is 4.28. The molecule has 0 atom stereocenters. The van der Waals surface area contributed by atoms with E-state index in [4.69, 9.17) is 5.21 Å². The highest BCUT2D eigenvalue weighted by atomic mass is 79.9. The molecule has 0 aromatic carbocycles. The van der Waals surface area contributed by atoms with Crippen LogP contribution in [-0.4, -0.2) is 15.2 Å². The first kappa shape index (κ1) is 6.70. The number of aromatic nitrogens is 2. The number of hydrogen-bond donors (Lipinski definition) is 1. The molecule has 0 spiro atoms. The number of hydrogen-bond acceptors (Lipinski definition) is 3. The molecular weight excluding hydrogens is 204 g/mol. The van der Waals surface area contributed by atoms with Gasteiger partial charge in [0.2, 0.25) is 0 Å². The van der Waals surface area contributed by atoms with E-state index in [9.17, 15) is 0 Å². The van der Waals surface area contributed by atoms with Crippen LogP contribution in [-0.2, 0) is 0 Å². The molecule has 9 heavy (non-hydrogen) atoms. The smallest absolute Gasteiger partial charge is 0.164 e. The van der Waals surface area contributed by atoms with E-state index in [2.05, 4.69) is 33.2 Å². The van der Waals surface area contributed by atoms with E-state index in [-0.39, 0.29) is 0 Å². The maximum atomic E-state index is 8.77. The molecule has 0 amide bonds. The van der Waals surface area contributed by atoms with Gasteiger partial charge in [-0.05, 0) is 28.1 Å². The van der Waals surface area contributed by atoms with E-state index in [1.165, 1.54) is 0 Å². The molecule has 1 aromatic heterocycles. The van der Waals surface area contributed by atoms with Crippen molar-refractivity contribution in [2.45, 2.75) is 0 Å².